The summed E-state index contributed by atoms with van der Waals surface area (Å²) in [5.41, 5.74) is 0.512. The fraction of sp³-hybridized carbons (Fsp3) is 0.529. The van der Waals surface area contributed by atoms with Gasteiger partial charge in [0.2, 0.25) is 5.91 Å². The van der Waals surface area contributed by atoms with Gasteiger partial charge in [-0.1, -0.05) is 12.1 Å². The molecule has 9 heteroatoms. The highest BCUT2D eigenvalue weighted by molar-refractivity contribution is 5.86. The lowest BCUT2D eigenvalue weighted by Gasteiger charge is -2.21. The Morgan fingerprint density at radius 1 is 1.12 bits per heavy atom. The van der Waals surface area contributed by atoms with E-state index in [1.165, 1.54) is 12.1 Å². The van der Waals surface area contributed by atoms with Crippen LogP contribution in [0.4, 0.5) is 13.2 Å². The normalized spacial score (nSPS) is 12.5. The molecule has 0 radical (unpaired) electrons. The van der Waals surface area contributed by atoms with E-state index in [4.69, 9.17) is 0 Å². The number of alkyl halides is 3. The van der Waals surface area contributed by atoms with Gasteiger partial charge in [0.15, 0.2) is 12.6 Å². The molecule has 0 saturated heterocycles. The van der Waals surface area contributed by atoms with E-state index < -0.39 is 12.8 Å². The lowest BCUT2D eigenvalue weighted by Crippen LogP contribution is -2.48. The van der Waals surface area contributed by atoms with Crippen molar-refractivity contribution in [3.63, 3.8) is 0 Å². The number of aliphatic imine (C=N–C) groups is 1. The van der Waals surface area contributed by atoms with Gasteiger partial charge in [-0.25, -0.2) is 0 Å². The summed E-state index contributed by atoms with van der Waals surface area (Å²) in [6.45, 7) is 4.80. The van der Waals surface area contributed by atoms with E-state index in [0.29, 0.717) is 12.5 Å². The third kappa shape index (κ3) is 9.75. The molecule has 1 amide bonds. The van der Waals surface area contributed by atoms with Crippen LogP contribution < -0.4 is 20.7 Å². The highest BCUT2D eigenvalue weighted by Gasteiger charge is 2.28. The average molecular weight is 374 g/mol. The first-order valence-electron chi connectivity index (χ1n) is 8.02. The molecule has 0 bridgehead atoms. The van der Waals surface area contributed by atoms with Gasteiger partial charge < -0.3 is 20.7 Å². The highest BCUT2D eigenvalue weighted by atomic mass is 19.4. The van der Waals surface area contributed by atoms with Crippen LogP contribution in [0.5, 0.6) is 5.75 Å². The number of hydrogen-bond donors (Lipinski definition) is 3. The van der Waals surface area contributed by atoms with Crippen molar-refractivity contribution in [3.05, 3.63) is 29.8 Å². The molecule has 146 valence electrons. The van der Waals surface area contributed by atoms with Crippen LogP contribution in [0.1, 0.15) is 26.3 Å². The summed E-state index contributed by atoms with van der Waals surface area (Å²) < 4.78 is 41.0. The zero-order valence-corrected chi connectivity index (χ0v) is 15.3. The number of benzene rings is 1. The minimum Gasteiger partial charge on any atom is -0.484 e. The summed E-state index contributed by atoms with van der Waals surface area (Å²) in [5, 5.41) is 8.73. The molecule has 0 atom stereocenters. The number of rotatable bonds is 6. The van der Waals surface area contributed by atoms with Gasteiger partial charge >= 0.3 is 6.18 Å². The van der Waals surface area contributed by atoms with Gasteiger partial charge in [0, 0.05) is 19.1 Å². The van der Waals surface area contributed by atoms with Crippen LogP contribution in [0.15, 0.2) is 29.3 Å². The Kier molecular flexibility index (Phi) is 7.73. The van der Waals surface area contributed by atoms with Crippen LogP contribution in [0, 0.1) is 0 Å². The Morgan fingerprint density at radius 3 is 2.23 bits per heavy atom. The molecule has 1 rings (SSSR count). The molecule has 1 aromatic carbocycles. The van der Waals surface area contributed by atoms with Gasteiger partial charge in [-0.2, -0.15) is 13.2 Å². The Hall–Kier alpha value is -2.45. The molecule has 0 saturated carbocycles. The molecule has 3 N–H and O–H groups in total. The molecular formula is C17H25F3N4O2. The lowest BCUT2D eigenvalue weighted by atomic mass is 10.1. The third-order valence-corrected chi connectivity index (χ3v) is 2.94. The van der Waals surface area contributed by atoms with Crippen LogP contribution in [-0.4, -0.2) is 43.8 Å². The summed E-state index contributed by atoms with van der Waals surface area (Å²) in [6, 6.07) is 6.24. The Morgan fingerprint density at radius 2 is 1.73 bits per heavy atom. The molecule has 0 aromatic heterocycles. The van der Waals surface area contributed by atoms with Crippen LogP contribution in [-0.2, 0) is 11.3 Å². The Labute approximate surface area is 151 Å². The fourth-order valence-corrected chi connectivity index (χ4v) is 1.90. The van der Waals surface area contributed by atoms with Crippen molar-refractivity contribution in [2.75, 3.05) is 20.2 Å². The second-order valence-corrected chi connectivity index (χ2v) is 6.63. The predicted octanol–water partition coefficient (Wildman–Crippen LogP) is 2.21. The number of nitrogens with one attached hydrogen (secondary N) is 3. The summed E-state index contributed by atoms with van der Waals surface area (Å²) >= 11 is 0. The maximum atomic E-state index is 12.1. The van der Waals surface area contributed by atoms with Gasteiger partial charge in [0.1, 0.15) is 5.75 Å². The maximum Gasteiger partial charge on any atom is 0.422 e. The number of hydrogen-bond acceptors (Lipinski definition) is 3. The largest absolute Gasteiger partial charge is 0.484 e. The average Bonchev–Trinajstić information content (AvgIpc) is 2.51. The summed E-state index contributed by atoms with van der Waals surface area (Å²) in [4.78, 5) is 15.8. The van der Waals surface area contributed by atoms with Crippen molar-refractivity contribution in [2.24, 2.45) is 4.99 Å². The van der Waals surface area contributed by atoms with Crippen molar-refractivity contribution in [2.45, 2.75) is 39.0 Å². The third-order valence-electron chi connectivity index (χ3n) is 2.94. The van der Waals surface area contributed by atoms with Gasteiger partial charge in [0.05, 0.1) is 6.54 Å². The van der Waals surface area contributed by atoms with Crippen molar-refractivity contribution < 1.29 is 22.7 Å². The van der Waals surface area contributed by atoms with Crippen LogP contribution >= 0.6 is 0 Å². The first-order valence-corrected chi connectivity index (χ1v) is 8.02. The first-order chi connectivity index (χ1) is 12.0. The summed E-state index contributed by atoms with van der Waals surface area (Å²) in [6.07, 6.45) is -4.36. The maximum absolute atomic E-state index is 12.1. The van der Waals surface area contributed by atoms with E-state index in [1.807, 2.05) is 20.8 Å². The minimum absolute atomic E-state index is 0.0706. The SMILES string of the molecule is CN=C(NCC(=O)NC(C)(C)C)NCc1ccc(OCC(F)(F)F)cc1. The number of amides is 1. The zero-order chi connectivity index (χ0) is 19.8. The molecular weight excluding hydrogens is 349 g/mol. The zero-order valence-electron chi connectivity index (χ0n) is 15.3. The van der Waals surface area contributed by atoms with Gasteiger partial charge in [-0.3, -0.25) is 9.79 Å². The van der Waals surface area contributed by atoms with Crippen LogP contribution in [0.25, 0.3) is 0 Å². The summed E-state index contributed by atoms with van der Waals surface area (Å²) in [5.74, 6) is 0.422. The van der Waals surface area contributed by atoms with Crippen molar-refractivity contribution >= 4 is 11.9 Å². The highest BCUT2D eigenvalue weighted by Crippen LogP contribution is 2.18. The van der Waals surface area contributed by atoms with Gasteiger partial charge in [0.25, 0.3) is 0 Å². The van der Waals surface area contributed by atoms with E-state index in [-0.39, 0.29) is 23.7 Å². The van der Waals surface area contributed by atoms with Gasteiger partial charge in [-0.15, -0.1) is 0 Å². The van der Waals surface area contributed by atoms with Crippen molar-refractivity contribution in [3.8, 4) is 5.75 Å². The fourth-order valence-electron chi connectivity index (χ4n) is 1.90. The van der Waals surface area contributed by atoms with E-state index in [2.05, 4.69) is 25.7 Å². The Bertz CT molecular complexity index is 608. The minimum atomic E-state index is -4.36. The van der Waals surface area contributed by atoms with Crippen molar-refractivity contribution in [1.29, 1.82) is 0 Å². The number of nitrogens with zero attached hydrogens (tertiary/aromatic N) is 1. The van der Waals surface area contributed by atoms with E-state index in [0.717, 1.165) is 5.56 Å². The molecule has 0 unspecified atom stereocenters. The van der Waals surface area contributed by atoms with E-state index >= 15 is 0 Å². The quantitative estimate of drug-likeness (QED) is 0.527. The topological polar surface area (TPSA) is 74.8 Å². The van der Waals surface area contributed by atoms with Crippen LogP contribution in [0.3, 0.4) is 0 Å². The number of carbonyl (C=O) groups excluding carboxylic acids is 1. The molecule has 26 heavy (non-hydrogen) atoms. The lowest BCUT2D eigenvalue weighted by molar-refractivity contribution is -0.153. The standard InChI is InChI=1S/C17H25F3N4O2/c1-16(2,3)24-14(25)10-23-15(21-4)22-9-12-5-7-13(8-6-12)26-11-17(18,19)20/h5-8H,9-11H2,1-4H3,(H,24,25)(H2,21,22,23). The Balaban J connectivity index is 2.43. The monoisotopic (exact) mass is 374 g/mol. The molecule has 6 nitrogen and oxygen atoms in total. The number of halogens is 3. The molecule has 0 fully saturated rings. The predicted molar refractivity (Wildman–Crippen MR) is 94.1 cm³/mol. The van der Waals surface area contributed by atoms with Crippen LogP contribution in [0.2, 0.25) is 0 Å². The van der Waals surface area contributed by atoms with E-state index in [1.54, 1.807) is 19.2 Å². The van der Waals surface area contributed by atoms with E-state index in [9.17, 15) is 18.0 Å². The second-order valence-electron chi connectivity index (χ2n) is 6.63. The number of guanidine groups is 1. The van der Waals surface area contributed by atoms with Crippen molar-refractivity contribution in [1.82, 2.24) is 16.0 Å². The molecule has 0 aliphatic rings. The molecule has 1 aromatic rings. The number of carbonyl (C=O) groups is 1. The smallest absolute Gasteiger partial charge is 0.422 e. The summed E-state index contributed by atoms with van der Waals surface area (Å²) in [7, 11) is 1.57. The molecule has 0 aliphatic carbocycles. The number of ether oxygens (including phenoxy) is 1. The molecule has 0 spiro atoms. The van der Waals surface area contributed by atoms with Gasteiger partial charge in [-0.05, 0) is 38.5 Å². The molecule has 0 heterocycles. The molecule has 0 aliphatic heterocycles. The first kappa shape index (κ1) is 21.6. The second kappa shape index (κ2) is 9.30.